The Labute approximate surface area is 148 Å². The van der Waals surface area contributed by atoms with Gasteiger partial charge in [-0.05, 0) is 54.1 Å². The lowest BCUT2D eigenvalue weighted by Crippen LogP contribution is -2.04. The van der Waals surface area contributed by atoms with E-state index >= 15 is 0 Å². The Bertz CT molecular complexity index is 1040. The molecule has 0 saturated carbocycles. The minimum absolute atomic E-state index is 0.121. The van der Waals surface area contributed by atoms with Crippen LogP contribution in [-0.4, -0.2) is 29.7 Å². The summed E-state index contributed by atoms with van der Waals surface area (Å²) in [4.78, 5) is 11.9. The van der Waals surface area contributed by atoms with Gasteiger partial charge in [-0.25, -0.2) is 17.5 Å². The Morgan fingerprint density at radius 2 is 1.68 bits per heavy atom. The molecule has 1 heterocycles. The van der Waals surface area contributed by atoms with E-state index in [0.29, 0.717) is 16.9 Å². The van der Waals surface area contributed by atoms with E-state index in [4.69, 9.17) is 11.6 Å². The normalized spacial score (nSPS) is 11.5. The summed E-state index contributed by atoms with van der Waals surface area (Å²) in [5.41, 5.74) is 1.65. The SMILES string of the molecule is CS(=O)(=O)c1ccc(-c2cc(C(=O)Cl)n(-c3ccc(F)cc3)n2)cc1. The number of carbonyl (C=O) groups is 1. The Morgan fingerprint density at radius 3 is 2.20 bits per heavy atom. The molecule has 0 spiro atoms. The molecule has 0 N–H and O–H groups in total. The summed E-state index contributed by atoms with van der Waals surface area (Å²) in [6.07, 6.45) is 1.12. The predicted octanol–water partition coefficient (Wildman–Crippen LogP) is 3.46. The van der Waals surface area contributed by atoms with E-state index in [-0.39, 0.29) is 10.6 Å². The Balaban J connectivity index is 2.08. The second-order valence-corrected chi connectivity index (χ2v) is 7.73. The Hall–Kier alpha value is -2.51. The molecule has 128 valence electrons. The quantitative estimate of drug-likeness (QED) is 0.652. The summed E-state index contributed by atoms with van der Waals surface area (Å²) in [5, 5.41) is 3.62. The van der Waals surface area contributed by atoms with Gasteiger partial charge in [0, 0.05) is 11.8 Å². The fourth-order valence-corrected chi connectivity index (χ4v) is 3.08. The lowest BCUT2D eigenvalue weighted by Gasteiger charge is -2.04. The lowest BCUT2D eigenvalue weighted by molar-refractivity contribution is 0.107. The van der Waals surface area contributed by atoms with Gasteiger partial charge in [0.05, 0.1) is 16.3 Å². The van der Waals surface area contributed by atoms with Gasteiger partial charge >= 0.3 is 0 Å². The lowest BCUT2D eigenvalue weighted by atomic mass is 10.1. The monoisotopic (exact) mass is 378 g/mol. The molecular formula is C17H12ClFN2O3S. The minimum atomic E-state index is -3.30. The molecule has 0 atom stereocenters. The molecule has 5 nitrogen and oxygen atoms in total. The zero-order valence-corrected chi connectivity index (χ0v) is 14.6. The third kappa shape index (κ3) is 3.62. The van der Waals surface area contributed by atoms with Gasteiger partial charge in [0.2, 0.25) is 0 Å². The highest BCUT2D eigenvalue weighted by atomic mass is 35.5. The number of nitrogens with zero attached hydrogens (tertiary/aromatic N) is 2. The molecule has 3 rings (SSSR count). The van der Waals surface area contributed by atoms with E-state index in [1.165, 1.54) is 47.1 Å². The first-order valence-electron chi connectivity index (χ1n) is 7.12. The van der Waals surface area contributed by atoms with Crippen LogP contribution >= 0.6 is 11.6 Å². The third-order valence-electron chi connectivity index (χ3n) is 3.56. The van der Waals surface area contributed by atoms with Crippen molar-refractivity contribution in [2.45, 2.75) is 4.90 Å². The smallest absolute Gasteiger partial charge is 0.270 e. The van der Waals surface area contributed by atoms with Crippen molar-refractivity contribution in [1.82, 2.24) is 9.78 Å². The van der Waals surface area contributed by atoms with Crippen molar-refractivity contribution in [3.05, 3.63) is 66.1 Å². The first kappa shape index (κ1) is 17.3. The van der Waals surface area contributed by atoms with Crippen molar-refractivity contribution in [3.8, 4) is 16.9 Å². The molecule has 0 fully saturated rings. The van der Waals surface area contributed by atoms with E-state index in [1.54, 1.807) is 12.1 Å². The molecular weight excluding hydrogens is 367 g/mol. The average molecular weight is 379 g/mol. The van der Waals surface area contributed by atoms with Gasteiger partial charge in [-0.2, -0.15) is 5.10 Å². The second kappa shape index (κ2) is 6.42. The first-order valence-corrected chi connectivity index (χ1v) is 9.39. The number of carbonyl (C=O) groups excluding carboxylic acids is 1. The van der Waals surface area contributed by atoms with Crippen LogP contribution in [-0.2, 0) is 9.84 Å². The average Bonchev–Trinajstić information content (AvgIpc) is 3.00. The largest absolute Gasteiger partial charge is 0.274 e. The van der Waals surface area contributed by atoms with Gasteiger partial charge in [-0.15, -0.1) is 0 Å². The van der Waals surface area contributed by atoms with Crippen LogP contribution in [0.2, 0.25) is 0 Å². The van der Waals surface area contributed by atoms with Gasteiger partial charge in [0.1, 0.15) is 11.5 Å². The third-order valence-corrected chi connectivity index (χ3v) is 4.88. The first-order chi connectivity index (χ1) is 11.8. The van der Waals surface area contributed by atoms with Crippen molar-refractivity contribution >= 4 is 26.7 Å². The van der Waals surface area contributed by atoms with Crippen molar-refractivity contribution in [1.29, 1.82) is 0 Å². The van der Waals surface area contributed by atoms with E-state index in [0.717, 1.165) is 6.26 Å². The number of hydrogen-bond acceptors (Lipinski definition) is 4. The van der Waals surface area contributed by atoms with Crippen LogP contribution < -0.4 is 0 Å². The summed E-state index contributed by atoms with van der Waals surface area (Å²) in [6.45, 7) is 0. The van der Waals surface area contributed by atoms with Crippen molar-refractivity contribution < 1.29 is 17.6 Å². The van der Waals surface area contributed by atoms with E-state index < -0.39 is 20.9 Å². The molecule has 0 aliphatic rings. The summed E-state index contributed by atoms with van der Waals surface area (Å²) in [7, 11) is -3.30. The zero-order chi connectivity index (χ0) is 18.2. The zero-order valence-electron chi connectivity index (χ0n) is 13.0. The number of rotatable bonds is 4. The molecule has 0 radical (unpaired) electrons. The second-order valence-electron chi connectivity index (χ2n) is 5.37. The molecule has 0 saturated heterocycles. The van der Waals surface area contributed by atoms with Crippen LogP contribution in [0.1, 0.15) is 10.5 Å². The van der Waals surface area contributed by atoms with Crippen molar-refractivity contribution in [2.75, 3.05) is 6.26 Å². The highest BCUT2D eigenvalue weighted by Crippen LogP contribution is 2.24. The summed E-state index contributed by atoms with van der Waals surface area (Å²) in [6, 6.07) is 13.1. The number of halogens is 2. The number of benzene rings is 2. The molecule has 0 bridgehead atoms. The summed E-state index contributed by atoms with van der Waals surface area (Å²) in [5.74, 6) is -0.411. The molecule has 0 unspecified atom stereocenters. The van der Waals surface area contributed by atoms with E-state index in [9.17, 15) is 17.6 Å². The van der Waals surface area contributed by atoms with Gasteiger partial charge in [-0.1, -0.05) is 12.1 Å². The maximum atomic E-state index is 13.1. The highest BCUT2D eigenvalue weighted by molar-refractivity contribution is 7.90. The molecule has 8 heteroatoms. The highest BCUT2D eigenvalue weighted by Gasteiger charge is 2.16. The number of aromatic nitrogens is 2. The predicted molar refractivity (Wildman–Crippen MR) is 92.3 cm³/mol. The molecule has 0 aliphatic heterocycles. The van der Waals surface area contributed by atoms with Gasteiger partial charge in [0.15, 0.2) is 9.84 Å². The summed E-state index contributed by atoms with van der Waals surface area (Å²) >= 11 is 5.62. The van der Waals surface area contributed by atoms with E-state index in [1.807, 2.05) is 0 Å². The molecule has 25 heavy (non-hydrogen) atoms. The minimum Gasteiger partial charge on any atom is -0.274 e. The maximum Gasteiger partial charge on any atom is 0.270 e. The number of hydrogen-bond donors (Lipinski definition) is 0. The standard InChI is InChI=1S/C17H12ClFN2O3S/c1-25(23,24)14-8-2-11(3-9-14)15-10-16(17(18)22)21(20-15)13-6-4-12(19)5-7-13/h2-10H,1H3. The van der Waals surface area contributed by atoms with Crippen molar-refractivity contribution in [2.24, 2.45) is 0 Å². The van der Waals surface area contributed by atoms with Crippen LogP contribution in [0.4, 0.5) is 4.39 Å². The van der Waals surface area contributed by atoms with Crippen LogP contribution in [0.25, 0.3) is 16.9 Å². The maximum absolute atomic E-state index is 13.1. The topological polar surface area (TPSA) is 69.0 Å². The van der Waals surface area contributed by atoms with Gasteiger partial charge in [0.25, 0.3) is 5.24 Å². The van der Waals surface area contributed by atoms with Gasteiger partial charge in [-0.3, -0.25) is 4.79 Å². The molecule has 3 aromatic rings. The van der Waals surface area contributed by atoms with Crippen LogP contribution in [0, 0.1) is 5.82 Å². The van der Waals surface area contributed by atoms with Gasteiger partial charge < -0.3 is 0 Å². The number of sulfone groups is 1. The molecule has 0 aliphatic carbocycles. The molecule has 2 aromatic carbocycles. The van der Waals surface area contributed by atoms with E-state index in [2.05, 4.69) is 5.10 Å². The Kier molecular flexibility index (Phi) is 4.45. The Morgan fingerprint density at radius 1 is 1.08 bits per heavy atom. The fourth-order valence-electron chi connectivity index (χ4n) is 2.31. The fraction of sp³-hybridized carbons (Fsp3) is 0.0588. The molecule has 1 aromatic heterocycles. The summed E-state index contributed by atoms with van der Waals surface area (Å²) < 4.78 is 37.5. The van der Waals surface area contributed by atoms with Crippen LogP contribution in [0.15, 0.2) is 59.5 Å². The van der Waals surface area contributed by atoms with Crippen LogP contribution in [0.3, 0.4) is 0 Å². The van der Waals surface area contributed by atoms with Crippen molar-refractivity contribution in [3.63, 3.8) is 0 Å². The molecule has 0 amide bonds. The van der Waals surface area contributed by atoms with Crippen LogP contribution in [0.5, 0.6) is 0 Å².